The molecule has 0 heterocycles. The number of carbonyl (C=O) groups is 3. The monoisotopic (exact) mass is 328 g/mol. The molecule has 1 unspecified atom stereocenters. The number of carboxylic acid groups (broad SMARTS) is 1. The van der Waals surface area contributed by atoms with Crippen molar-refractivity contribution >= 4 is 17.9 Å². The van der Waals surface area contributed by atoms with E-state index in [1.54, 1.807) is 27.7 Å². The second kappa shape index (κ2) is 8.13. The van der Waals surface area contributed by atoms with Crippen LogP contribution < -0.4 is 0 Å². The van der Waals surface area contributed by atoms with Gasteiger partial charge in [-0.2, -0.15) is 0 Å². The molecule has 0 saturated heterocycles. The summed E-state index contributed by atoms with van der Waals surface area (Å²) in [5, 5.41) is 9.09. The van der Waals surface area contributed by atoms with Crippen molar-refractivity contribution in [2.75, 3.05) is 0 Å². The maximum Gasteiger partial charge on any atom is 0.331 e. The van der Waals surface area contributed by atoms with Gasteiger partial charge in [0.2, 0.25) is 0 Å². The molecule has 0 aliphatic heterocycles. The van der Waals surface area contributed by atoms with Crippen LogP contribution in [0.1, 0.15) is 60.8 Å². The van der Waals surface area contributed by atoms with E-state index in [0.29, 0.717) is 12.8 Å². The van der Waals surface area contributed by atoms with Gasteiger partial charge in [-0.3, -0.25) is 9.59 Å². The first-order valence-corrected chi connectivity index (χ1v) is 7.72. The highest BCUT2D eigenvalue weighted by Crippen LogP contribution is 2.24. The summed E-state index contributed by atoms with van der Waals surface area (Å²) < 4.78 is 10.6. The third kappa shape index (κ3) is 7.30. The molecule has 0 amide bonds. The van der Waals surface area contributed by atoms with Crippen LogP contribution in [0.4, 0.5) is 0 Å². The molecule has 0 aliphatic carbocycles. The van der Waals surface area contributed by atoms with E-state index in [4.69, 9.17) is 14.6 Å². The van der Waals surface area contributed by atoms with E-state index in [1.807, 2.05) is 13.8 Å². The molecule has 0 aromatic carbocycles. The summed E-state index contributed by atoms with van der Waals surface area (Å²) in [4.78, 5) is 35.5. The van der Waals surface area contributed by atoms with E-state index >= 15 is 0 Å². The Balaban J connectivity index is 5.18. The normalized spacial score (nSPS) is 13.1. The molecule has 0 radical (unpaired) electrons. The van der Waals surface area contributed by atoms with E-state index in [2.05, 4.69) is 6.58 Å². The molecule has 6 nitrogen and oxygen atoms in total. The SMILES string of the molecule is C=C(C(=O)O)C(CC(=O)OC(C)(C)CC)C(=O)OC(C)(C)CC. The average molecular weight is 328 g/mol. The third-order valence-corrected chi connectivity index (χ3v) is 3.82. The van der Waals surface area contributed by atoms with Crippen molar-refractivity contribution < 1.29 is 29.0 Å². The smallest absolute Gasteiger partial charge is 0.331 e. The van der Waals surface area contributed by atoms with Crippen molar-refractivity contribution in [2.45, 2.75) is 72.0 Å². The van der Waals surface area contributed by atoms with Crippen molar-refractivity contribution in [1.29, 1.82) is 0 Å². The summed E-state index contributed by atoms with van der Waals surface area (Å²) in [5.74, 6) is -4.05. The molecule has 0 spiro atoms. The Morgan fingerprint density at radius 3 is 1.83 bits per heavy atom. The van der Waals surface area contributed by atoms with E-state index < -0.39 is 41.4 Å². The molecule has 1 N–H and O–H groups in total. The van der Waals surface area contributed by atoms with Crippen LogP contribution in [0, 0.1) is 5.92 Å². The Morgan fingerprint density at radius 2 is 1.43 bits per heavy atom. The number of hydrogen-bond donors (Lipinski definition) is 1. The molecule has 0 aromatic rings. The number of rotatable bonds is 9. The Bertz CT molecular complexity index is 475. The van der Waals surface area contributed by atoms with Crippen molar-refractivity contribution in [2.24, 2.45) is 5.92 Å². The zero-order chi connectivity index (χ0) is 18.4. The zero-order valence-corrected chi connectivity index (χ0v) is 14.9. The highest BCUT2D eigenvalue weighted by atomic mass is 16.6. The van der Waals surface area contributed by atoms with Crippen molar-refractivity contribution in [1.82, 2.24) is 0 Å². The van der Waals surface area contributed by atoms with Gasteiger partial charge < -0.3 is 14.6 Å². The molecular weight excluding hydrogens is 300 g/mol. The van der Waals surface area contributed by atoms with Gasteiger partial charge in [0.15, 0.2) is 0 Å². The fraction of sp³-hybridized carbons (Fsp3) is 0.706. The number of hydrogen-bond acceptors (Lipinski definition) is 5. The fourth-order valence-electron chi connectivity index (χ4n) is 1.50. The Morgan fingerprint density at radius 1 is 1.00 bits per heavy atom. The summed E-state index contributed by atoms with van der Waals surface area (Å²) >= 11 is 0. The second-order valence-corrected chi connectivity index (χ2v) is 6.71. The predicted molar refractivity (Wildman–Crippen MR) is 85.8 cm³/mol. The standard InChI is InChI=1S/C17H28O6/c1-8-16(4,5)22-13(18)10-12(11(3)14(19)20)15(21)23-17(6,7)9-2/h12H,3,8-10H2,1-2,4-7H3,(H,19,20). The highest BCUT2D eigenvalue weighted by Gasteiger charge is 2.35. The molecule has 0 saturated carbocycles. The summed E-state index contributed by atoms with van der Waals surface area (Å²) in [6.45, 7) is 14.0. The summed E-state index contributed by atoms with van der Waals surface area (Å²) in [6.07, 6.45) is 0.738. The maximum atomic E-state index is 12.3. The minimum absolute atomic E-state index is 0.381. The highest BCUT2D eigenvalue weighted by molar-refractivity contribution is 5.95. The van der Waals surface area contributed by atoms with Crippen LogP contribution in [0.3, 0.4) is 0 Å². The van der Waals surface area contributed by atoms with Gasteiger partial charge in [-0.1, -0.05) is 20.4 Å². The summed E-state index contributed by atoms with van der Waals surface area (Å²) in [6, 6.07) is 0. The Labute approximate surface area is 137 Å². The first-order chi connectivity index (χ1) is 10.3. The lowest BCUT2D eigenvalue weighted by molar-refractivity contribution is -0.168. The molecule has 0 aromatic heterocycles. The number of ether oxygens (including phenoxy) is 2. The molecule has 0 fully saturated rings. The lowest BCUT2D eigenvalue weighted by Gasteiger charge is -2.27. The molecule has 6 heteroatoms. The largest absolute Gasteiger partial charge is 0.478 e. The zero-order valence-electron chi connectivity index (χ0n) is 14.9. The molecule has 132 valence electrons. The quantitative estimate of drug-likeness (QED) is 0.517. The van der Waals surface area contributed by atoms with Crippen molar-refractivity contribution in [3.05, 3.63) is 12.2 Å². The van der Waals surface area contributed by atoms with Gasteiger partial charge in [0, 0.05) is 5.57 Å². The molecule has 0 rings (SSSR count). The van der Waals surface area contributed by atoms with Crippen LogP contribution >= 0.6 is 0 Å². The minimum Gasteiger partial charge on any atom is -0.478 e. The maximum absolute atomic E-state index is 12.3. The van der Waals surface area contributed by atoms with Crippen LogP contribution in [0.2, 0.25) is 0 Å². The Kier molecular flexibility index (Phi) is 7.48. The molecule has 0 bridgehead atoms. The molecule has 0 aliphatic rings. The van der Waals surface area contributed by atoms with Gasteiger partial charge in [0.25, 0.3) is 0 Å². The van der Waals surface area contributed by atoms with Crippen LogP contribution in [0.25, 0.3) is 0 Å². The van der Waals surface area contributed by atoms with Gasteiger partial charge >= 0.3 is 17.9 Å². The molecule has 1 atom stereocenters. The lowest BCUT2D eigenvalue weighted by Crippen LogP contribution is -2.35. The van der Waals surface area contributed by atoms with Crippen LogP contribution in [-0.4, -0.2) is 34.2 Å². The topological polar surface area (TPSA) is 89.9 Å². The van der Waals surface area contributed by atoms with Crippen molar-refractivity contribution in [3.63, 3.8) is 0 Å². The van der Waals surface area contributed by atoms with E-state index in [0.717, 1.165) is 0 Å². The van der Waals surface area contributed by atoms with Crippen molar-refractivity contribution in [3.8, 4) is 0 Å². The summed E-state index contributed by atoms with van der Waals surface area (Å²) in [7, 11) is 0. The van der Waals surface area contributed by atoms with Crippen LogP contribution in [0.5, 0.6) is 0 Å². The van der Waals surface area contributed by atoms with Gasteiger partial charge in [0.05, 0.1) is 12.3 Å². The van der Waals surface area contributed by atoms with Crippen LogP contribution in [0.15, 0.2) is 12.2 Å². The predicted octanol–water partition coefficient (Wildman–Crippen LogP) is 3.10. The third-order valence-electron chi connectivity index (χ3n) is 3.82. The number of esters is 2. The number of carbonyl (C=O) groups excluding carboxylic acids is 2. The van der Waals surface area contributed by atoms with Gasteiger partial charge in [0.1, 0.15) is 11.2 Å². The molecular formula is C17H28O6. The van der Waals surface area contributed by atoms with E-state index in [1.165, 1.54) is 0 Å². The van der Waals surface area contributed by atoms with Gasteiger partial charge in [-0.05, 0) is 40.5 Å². The fourth-order valence-corrected chi connectivity index (χ4v) is 1.50. The average Bonchev–Trinajstić information content (AvgIpc) is 2.42. The van der Waals surface area contributed by atoms with Gasteiger partial charge in [-0.25, -0.2) is 4.79 Å². The van der Waals surface area contributed by atoms with E-state index in [-0.39, 0.29) is 5.57 Å². The van der Waals surface area contributed by atoms with E-state index in [9.17, 15) is 14.4 Å². The lowest BCUT2D eigenvalue weighted by atomic mass is 9.96. The first-order valence-electron chi connectivity index (χ1n) is 7.72. The Hall–Kier alpha value is -1.85. The number of carboxylic acids is 1. The van der Waals surface area contributed by atoms with Crippen LogP contribution in [-0.2, 0) is 23.9 Å². The summed E-state index contributed by atoms with van der Waals surface area (Å²) in [5.41, 5.74) is -1.81. The van der Waals surface area contributed by atoms with Gasteiger partial charge in [-0.15, -0.1) is 0 Å². The molecule has 23 heavy (non-hydrogen) atoms. The second-order valence-electron chi connectivity index (χ2n) is 6.71. The minimum atomic E-state index is -1.34. The number of aliphatic carboxylic acids is 1. The first kappa shape index (κ1) is 21.1.